The number of rotatable bonds is 6. The predicted octanol–water partition coefficient (Wildman–Crippen LogP) is 3.78. The van der Waals surface area contributed by atoms with Crippen molar-refractivity contribution in [1.82, 2.24) is 29.6 Å². The van der Waals surface area contributed by atoms with Crippen LogP contribution in [0.5, 0.6) is 0 Å². The molecule has 170 valence electrons. The van der Waals surface area contributed by atoms with E-state index in [2.05, 4.69) is 35.7 Å². The molecule has 1 atom stereocenters. The van der Waals surface area contributed by atoms with Gasteiger partial charge in [-0.2, -0.15) is 0 Å². The number of fused-ring (bicyclic) bond motifs is 2. The summed E-state index contributed by atoms with van der Waals surface area (Å²) in [5.74, 6) is -0.0586. The van der Waals surface area contributed by atoms with Gasteiger partial charge in [0.25, 0.3) is 5.56 Å². The average Bonchev–Trinajstić information content (AvgIpc) is 3.56. The third kappa shape index (κ3) is 3.51. The average molecular weight is 460 g/mol. The van der Waals surface area contributed by atoms with E-state index in [-0.39, 0.29) is 16.8 Å². The van der Waals surface area contributed by atoms with Crippen LogP contribution in [-0.2, 0) is 0 Å². The van der Waals surface area contributed by atoms with Crippen LogP contribution < -0.4 is 16.3 Å². The zero-order chi connectivity index (χ0) is 23.2. The Hall–Kier alpha value is -4.41. The summed E-state index contributed by atoms with van der Waals surface area (Å²) in [6, 6.07) is 9.45. The normalized spacial score (nSPS) is 14.4. The molecule has 34 heavy (non-hydrogen) atoms. The summed E-state index contributed by atoms with van der Waals surface area (Å²) in [5, 5.41) is 3.25. The molecule has 0 spiro atoms. The van der Waals surface area contributed by atoms with Crippen LogP contribution in [0, 0.1) is 17.6 Å². The lowest BCUT2D eigenvalue weighted by Gasteiger charge is -2.23. The van der Waals surface area contributed by atoms with Crippen molar-refractivity contribution in [3.8, 4) is 0 Å². The molecule has 3 heterocycles. The maximum Gasteiger partial charge on any atom is 0.283 e. The Morgan fingerprint density at radius 2 is 1.88 bits per heavy atom. The number of H-pyrrole nitrogens is 1. The SMILES string of the molecule is O=c1c2c(F)cccc2nc([C@@H](Nc2ncnc3[nH]cnc23)C2CC2)n1Nc1ccc(F)cc1. The van der Waals surface area contributed by atoms with Crippen LogP contribution in [0.4, 0.5) is 20.3 Å². The molecule has 11 heteroatoms. The summed E-state index contributed by atoms with van der Waals surface area (Å²) in [7, 11) is 0. The molecule has 0 aliphatic heterocycles. The molecule has 5 aromatic rings. The van der Waals surface area contributed by atoms with Crippen LogP contribution in [-0.4, -0.2) is 29.6 Å². The fraction of sp³-hybridized carbons (Fsp3) is 0.174. The monoisotopic (exact) mass is 460 g/mol. The highest BCUT2D eigenvalue weighted by Crippen LogP contribution is 2.42. The predicted molar refractivity (Wildman–Crippen MR) is 122 cm³/mol. The van der Waals surface area contributed by atoms with E-state index in [4.69, 9.17) is 0 Å². The number of hydrogen-bond acceptors (Lipinski definition) is 7. The number of halogens is 2. The second-order valence-electron chi connectivity index (χ2n) is 8.14. The molecule has 1 saturated carbocycles. The van der Waals surface area contributed by atoms with Gasteiger partial charge in [0, 0.05) is 0 Å². The van der Waals surface area contributed by atoms with E-state index in [9.17, 15) is 13.6 Å². The van der Waals surface area contributed by atoms with Gasteiger partial charge in [0.05, 0.1) is 23.6 Å². The molecule has 1 fully saturated rings. The van der Waals surface area contributed by atoms with Crippen molar-refractivity contribution in [3.05, 3.63) is 82.9 Å². The van der Waals surface area contributed by atoms with E-state index < -0.39 is 23.2 Å². The molecular weight excluding hydrogens is 442 g/mol. The quantitative estimate of drug-likeness (QED) is 0.353. The van der Waals surface area contributed by atoms with Gasteiger partial charge < -0.3 is 10.3 Å². The fourth-order valence-corrected chi connectivity index (χ4v) is 4.02. The van der Waals surface area contributed by atoms with Crippen LogP contribution in [0.3, 0.4) is 0 Å². The van der Waals surface area contributed by atoms with Gasteiger partial charge in [-0.05, 0) is 55.2 Å². The number of hydrogen-bond donors (Lipinski definition) is 3. The van der Waals surface area contributed by atoms with Crippen LogP contribution in [0.1, 0.15) is 24.7 Å². The molecule has 6 rings (SSSR count). The first-order valence-electron chi connectivity index (χ1n) is 10.7. The number of aromatic amines is 1. The highest BCUT2D eigenvalue weighted by atomic mass is 19.1. The highest BCUT2D eigenvalue weighted by molar-refractivity contribution is 5.82. The van der Waals surface area contributed by atoms with E-state index >= 15 is 0 Å². The molecular formula is C23H18F2N8O. The van der Waals surface area contributed by atoms with Gasteiger partial charge >= 0.3 is 0 Å². The summed E-state index contributed by atoms with van der Waals surface area (Å²) in [5.41, 5.74) is 4.21. The largest absolute Gasteiger partial charge is 0.358 e. The summed E-state index contributed by atoms with van der Waals surface area (Å²) in [4.78, 5) is 33.9. The minimum atomic E-state index is -0.666. The van der Waals surface area contributed by atoms with Crippen molar-refractivity contribution in [2.24, 2.45) is 5.92 Å². The van der Waals surface area contributed by atoms with Crippen LogP contribution in [0.15, 0.2) is 59.9 Å². The minimum absolute atomic E-state index is 0.132. The molecule has 0 amide bonds. The van der Waals surface area contributed by atoms with Crippen molar-refractivity contribution >= 4 is 33.6 Å². The molecule has 0 saturated heterocycles. The van der Waals surface area contributed by atoms with Gasteiger partial charge in [0.15, 0.2) is 17.3 Å². The van der Waals surface area contributed by atoms with E-state index in [1.54, 1.807) is 6.07 Å². The van der Waals surface area contributed by atoms with Crippen LogP contribution in [0.2, 0.25) is 0 Å². The second-order valence-corrected chi connectivity index (χ2v) is 8.14. The molecule has 0 unspecified atom stereocenters. The maximum atomic E-state index is 14.6. The maximum absolute atomic E-state index is 14.6. The van der Waals surface area contributed by atoms with Gasteiger partial charge in [-0.3, -0.25) is 10.2 Å². The fourth-order valence-electron chi connectivity index (χ4n) is 4.02. The van der Waals surface area contributed by atoms with Gasteiger partial charge in [-0.1, -0.05) is 6.07 Å². The summed E-state index contributed by atoms with van der Waals surface area (Å²) in [6.45, 7) is 0. The molecule has 9 nitrogen and oxygen atoms in total. The first-order chi connectivity index (χ1) is 16.6. The van der Waals surface area contributed by atoms with Crippen molar-refractivity contribution in [2.75, 3.05) is 10.7 Å². The topological polar surface area (TPSA) is 113 Å². The number of nitrogens with zero attached hydrogens (tertiary/aromatic N) is 5. The first-order valence-corrected chi connectivity index (χ1v) is 10.7. The smallest absolute Gasteiger partial charge is 0.283 e. The molecule has 3 aromatic heterocycles. The van der Waals surface area contributed by atoms with E-state index in [0.29, 0.717) is 28.5 Å². The van der Waals surface area contributed by atoms with Gasteiger partial charge in [-0.25, -0.2) is 33.4 Å². The molecule has 0 radical (unpaired) electrons. The third-order valence-corrected chi connectivity index (χ3v) is 5.84. The van der Waals surface area contributed by atoms with Crippen molar-refractivity contribution in [3.63, 3.8) is 0 Å². The Kier molecular flexibility index (Phi) is 4.68. The zero-order valence-corrected chi connectivity index (χ0v) is 17.7. The Morgan fingerprint density at radius 3 is 2.68 bits per heavy atom. The third-order valence-electron chi connectivity index (χ3n) is 5.84. The lowest BCUT2D eigenvalue weighted by Crippen LogP contribution is -2.35. The van der Waals surface area contributed by atoms with Gasteiger partial charge in [0.1, 0.15) is 28.9 Å². The molecule has 1 aliphatic carbocycles. The van der Waals surface area contributed by atoms with E-state index in [0.717, 1.165) is 12.8 Å². The van der Waals surface area contributed by atoms with Crippen molar-refractivity contribution in [2.45, 2.75) is 18.9 Å². The van der Waals surface area contributed by atoms with Gasteiger partial charge in [-0.15, -0.1) is 0 Å². The van der Waals surface area contributed by atoms with Crippen LogP contribution >= 0.6 is 0 Å². The van der Waals surface area contributed by atoms with Crippen LogP contribution in [0.25, 0.3) is 22.1 Å². The lowest BCUT2D eigenvalue weighted by atomic mass is 10.1. The second kappa shape index (κ2) is 7.87. The van der Waals surface area contributed by atoms with E-state index in [1.807, 2.05) is 0 Å². The van der Waals surface area contributed by atoms with Crippen molar-refractivity contribution < 1.29 is 8.78 Å². The van der Waals surface area contributed by atoms with E-state index in [1.165, 1.54) is 53.7 Å². The lowest BCUT2D eigenvalue weighted by molar-refractivity contribution is 0.591. The Bertz CT molecular complexity index is 1580. The molecule has 2 aromatic carbocycles. The standard InChI is InChI=1S/C23H18F2N8O/c24-13-6-8-14(9-7-13)32-33-22(30-16-3-1-2-15(25)17(16)23(33)34)18(12-4-5-12)31-21-19-20(27-10-26-19)28-11-29-21/h1-3,6-12,18,32H,4-5H2,(H2,26,27,28,29,31)/t18-/m0/s1. The summed E-state index contributed by atoms with van der Waals surface area (Å²) in [6.07, 6.45) is 4.78. The zero-order valence-electron chi connectivity index (χ0n) is 17.7. The summed E-state index contributed by atoms with van der Waals surface area (Å²) >= 11 is 0. The molecule has 3 N–H and O–H groups in total. The Morgan fingerprint density at radius 1 is 1.06 bits per heavy atom. The highest BCUT2D eigenvalue weighted by Gasteiger charge is 2.37. The number of benzene rings is 2. The Labute approximate surface area is 190 Å². The molecule has 0 bridgehead atoms. The Balaban J connectivity index is 1.52. The van der Waals surface area contributed by atoms with Crippen molar-refractivity contribution in [1.29, 1.82) is 0 Å². The number of anilines is 2. The minimum Gasteiger partial charge on any atom is -0.358 e. The number of aromatic nitrogens is 6. The number of nitrogens with one attached hydrogen (secondary N) is 3. The first kappa shape index (κ1) is 20.2. The summed E-state index contributed by atoms with van der Waals surface area (Å²) < 4.78 is 29.3. The molecule has 1 aliphatic rings. The number of imidazole rings is 1. The van der Waals surface area contributed by atoms with Gasteiger partial charge in [0.2, 0.25) is 0 Å².